The van der Waals surface area contributed by atoms with Crippen LogP contribution in [0.3, 0.4) is 0 Å². The Morgan fingerprint density at radius 3 is 2.49 bits per heavy atom. The number of nitrogens with one attached hydrogen (secondary N) is 1. The number of methoxy groups -OCH3 is 1. The number of benzene rings is 2. The number of nitrogens with zero attached hydrogens (tertiary/aromatic N) is 3. The van der Waals surface area contributed by atoms with Crippen LogP contribution in [0.15, 0.2) is 59.8 Å². The van der Waals surface area contributed by atoms with Crippen molar-refractivity contribution >= 4 is 17.9 Å². The van der Waals surface area contributed by atoms with Crippen molar-refractivity contribution in [2.24, 2.45) is 0 Å². The van der Waals surface area contributed by atoms with Gasteiger partial charge in [-0.15, -0.1) is 0 Å². The van der Waals surface area contributed by atoms with Gasteiger partial charge in [-0.1, -0.05) is 30.3 Å². The molecular weight excluding hydrogens is 503 g/mol. The molecule has 1 saturated heterocycles. The van der Waals surface area contributed by atoms with Crippen LogP contribution in [-0.4, -0.2) is 85.6 Å². The zero-order chi connectivity index (χ0) is 27.9. The molecule has 0 aromatic heterocycles. The number of urea groups is 1. The highest BCUT2D eigenvalue weighted by Crippen LogP contribution is 2.36. The van der Waals surface area contributed by atoms with Gasteiger partial charge < -0.3 is 19.7 Å². The molecule has 2 aliphatic rings. The average Bonchev–Trinajstić information content (AvgIpc) is 3.18. The van der Waals surface area contributed by atoms with Crippen molar-refractivity contribution in [2.75, 3.05) is 53.0 Å². The lowest BCUT2D eigenvalue weighted by atomic mass is 9.93. The molecule has 2 heterocycles. The second-order valence-electron chi connectivity index (χ2n) is 9.35. The minimum Gasteiger partial charge on any atom is -0.496 e. The van der Waals surface area contributed by atoms with E-state index in [1.807, 2.05) is 25.1 Å². The number of esters is 1. The molecule has 2 aliphatic heterocycles. The quantitative estimate of drug-likeness (QED) is 0.517. The largest absolute Gasteiger partial charge is 0.496 e. The fraction of sp³-hybridized carbons (Fsp3) is 0.414. The van der Waals surface area contributed by atoms with Crippen LogP contribution in [0.2, 0.25) is 0 Å². The number of carbonyl (C=O) groups is 3. The van der Waals surface area contributed by atoms with E-state index in [2.05, 4.69) is 10.2 Å². The number of carbonyl (C=O) groups excluding carboxylic acids is 3. The fourth-order valence-corrected chi connectivity index (χ4v) is 5.14. The van der Waals surface area contributed by atoms with E-state index in [9.17, 15) is 18.8 Å². The van der Waals surface area contributed by atoms with Gasteiger partial charge in [0.25, 0.3) is 5.91 Å². The van der Waals surface area contributed by atoms with E-state index in [1.165, 1.54) is 12.1 Å². The van der Waals surface area contributed by atoms with Crippen LogP contribution in [0.5, 0.6) is 5.75 Å². The van der Waals surface area contributed by atoms with E-state index in [1.54, 1.807) is 42.0 Å². The first-order chi connectivity index (χ1) is 18.9. The third-order valence-corrected chi connectivity index (χ3v) is 7.05. The van der Waals surface area contributed by atoms with Gasteiger partial charge in [0.15, 0.2) is 0 Å². The summed E-state index contributed by atoms with van der Waals surface area (Å²) in [5.41, 5.74) is 1.62. The number of hydrogen-bond donors (Lipinski definition) is 1. The lowest BCUT2D eigenvalue weighted by Gasteiger charge is -2.38. The van der Waals surface area contributed by atoms with Crippen LogP contribution in [0.4, 0.5) is 9.18 Å². The van der Waals surface area contributed by atoms with E-state index in [4.69, 9.17) is 9.47 Å². The van der Waals surface area contributed by atoms with Crippen LogP contribution in [-0.2, 0) is 9.53 Å². The zero-order valence-corrected chi connectivity index (χ0v) is 22.6. The second kappa shape index (κ2) is 12.8. The van der Waals surface area contributed by atoms with E-state index >= 15 is 0 Å². The van der Waals surface area contributed by atoms with Crippen LogP contribution >= 0.6 is 0 Å². The molecule has 1 atom stereocenters. The van der Waals surface area contributed by atoms with Crippen molar-refractivity contribution in [3.63, 3.8) is 0 Å². The van der Waals surface area contributed by atoms with Crippen molar-refractivity contribution in [3.05, 3.63) is 76.7 Å². The molecule has 0 saturated carbocycles. The molecule has 0 spiro atoms. The number of halogens is 1. The number of amides is 3. The van der Waals surface area contributed by atoms with Gasteiger partial charge in [-0.05, 0) is 38.5 Å². The van der Waals surface area contributed by atoms with Crippen molar-refractivity contribution in [1.29, 1.82) is 0 Å². The van der Waals surface area contributed by atoms with Crippen LogP contribution < -0.4 is 10.1 Å². The molecule has 4 rings (SSSR count). The molecule has 1 unspecified atom stereocenters. The Morgan fingerprint density at radius 2 is 1.77 bits per heavy atom. The molecule has 9 nitrogen and oxygen atoms in total. The highest BCUT2D eigenvalue weighted by molar-refractivity contribution is 5.96. The summed E-state index contributed by atoms with van der Waals surface area (Å²) in [6.07, 6.45) is 0.663. The van der Waals surface area contributed by atoms with Crippen molar-refractivity contribution < 1.29 is 28.2 Å². The third kappa shape index (κ3) is 6.06. The molecule has 208 valence electrons. The molecule has 39 heavy (non-hydrogen) atoms. The summed E-state index contributed by atoms with van der Waals surface area (Å²) in [5.74, 6) is -0.842. The standard InChI is InChI=1S/C29H35FN4O5/c1-4-34-23(19-32-15-10-16-33(18-17-32)27(35)20-11-6-8-13-22(20)30)25(28(36)39-5-2)26(31-29(34)37)21-12-7-9-14-24(21)38-3/h6-9,11-14,26H,4-5,10,15-19H2,1-3H3,(H,31,37). The number of para-hydroxylation sites is 1. The fourth-order valence-electron chi connectivity index (χ4n) is 5.14. The third-order valence-electron chi connectivity index (χ3n) is 7.05. The molecule has 0 bridgehead atoms. The molecule has 1 fully saturated rings. The van der Waals surface area contributed by atoms with Gasteiger partial charge in [0.1, 0.15) is 11.6 Å². The molecule has 0 radical (unpaired) electrons. The summed E-state index contributed by atoms with van der Waals surface area (Å²) in [6, 6.07) is 12.2. The first-order valence-corrected chi connectivity index (χ1v) is 13.3. The van der Waals surface area contributed by atoms with E-state index < -0.39 is 17.8 Å². The Morgan fingerprint density at radius 1 is 1.03 bits per heavy atom. The lowest BCUT2D eigenvalue weighted by molar-refractivity contribution is -0.139. The molecule has 1 N–H and O–H groups in total. The summed E-state index contributed by atoms with van der Waals surface area (Å²) < 4.78 is 25.3. The van der Waals surface area contributed by atoms with Crippen LogP contribution in [0.1, 0.15) is 42.2 Å². The Kier molecular flexibility index (Phi) is 9.19. The monoisotopic (exact) mass is 538 g/mol. The maximum Gasteiger partial charge on any atom is 0.338 e. The van der Waals surface area contributed by atoms with Crippen molar-refractivity contribution in [1.82, 2.24) is 20.0 Å². The summed E-state index contributed by atoms with van der Waals surface area (Å²) in [5, 5.41) is 2.96. The Balaban J connectivity index is 1.65. The van der Waals surface area contributed by atoms with Gasteiger partial charge in [-0.2, -0.15) is 0 Å². The predicted octanol–water partition coefficient (Wildman–Crippen LogP) is 3.59. The van der Waals surface area contributed by atoms with Crippen molar-refractivity contribution in [3.8, 4) is 5.75 Å². The highest BCUT2D eigenvalue weighted by atomic mass is 19.1. The number of hydrogen-bond acceptors (Lipinski definition) is 6. The van der Waals surface area contributed by atoms with Crippen molar-refractivity contribution in [2.45, 2.75) is 26.3 Å². The van der Waals surface area contributed by atoms with Gasteiger partial charge in [0.05, 0.1) is 30.9 Å². The van der Waals surface area contributed by atoms with E-state index in [0.717, 1.165) is 0 Å². The molecule has 10 heteroatoms. The lowest BCUT2D eigenvalue weighted by Crippen LogP contribution is -2.51. The van der Waals surface area contributed by atoms with Gasteiger partial charge in [0, 0.05) is 50.5 Å². The van der Waals surface area contributed by atoms with Crippen LogP contribution in [0, 0.1) is 5.82 Å². The maximum absolute atomic E-state index is 14.3. The van der Waals surface area contributed by atoms with Gasteiger partial charge >= 0.3 is 12.0 Å². The summed E-state index contributed by atoms with van der Waals surface area (Å²) in [6.45, 7) is 6.45. The van der Waals surface area contributed by atoms with E-state index in [0.29, 0.717) is 68.3 Å². The number of rotatable bonds is 8. The van der Waals surface area contributed by atoms with Crippen LogP contribution in [0.25, 0.3) is 0 Å². The normalized spacial score (nSPS) is 18.5. The SMILES string of the molecule is CCOC(=O)C1=C(CN2CCCN(C(=O)c3ccccc3F)CC2)N(CC)C(=O)NC1c1ccccc1OC. The molecule has 2 aromatic rings. The van der Waals surface area contributed by atoms with Gasteiger partial charge in [-0.3, -0.25) is 14.6 Å². The smallest absolute Gasteiger partial charge is 0.338 e. The topological polar surface area (TPSA) is 91.4 Å². The molecule has 3 amide bonds. The first kappa shape index (κ1) is 28.1. The molecule has 0 aliphatic carbocycles. The Bertz CT molecular complexity index is 1250. The van der Waals surface area contributed by atoms with Gasteiger partial charge in [0.2, 0.25) is 0 Å². The summed E-state index contributed by atoms with van der Waals surface area (Å²) >= 11 is 0. The maximum atomic E-state index is 14.3. The van der Waals surface area contributed by atoms with E-state index in [-0.39, 0.29) is 24.1 Å². The Hall–Kier alpha value is -3.92. The summed E-state index contributed by atoms with van der Waals surface area (Å²) in [4.78, 5) is 45.0. The minimum absolute atomic E-state index is 0.0546. The number of ether oxygens (including phenoxy) is 2. The van der Waals surface area contributed by atoms with Gasteiger partial charge in [-0.25, -0.2) is 14.0 Å². The molecule has 2 aromatic carbocycles. The molecular formula is C29H35FN4O5. The summed E-state index contributed by atoms with van der Waals surface area (Å²) in [7, 11) is 1.54. The minimum atomic E-state index is -0.753. The number of likely N-dealkylation sites (N-methyl/N-ethyl adjacent to an activating group) is 1. The predicted molar refractivity (Wildman–Crippen MR) is 144 cm³/mol. The highest BCUT2D eigenvalue weighted by Gasteiger charge is 2.39. The zero-order valence-electron chi connectivity index (χ0n) is 22.6. The second-order valence-corrected chi connectivity index (χ2v) is 9.35. The Labute approximate surface area is 228 Å². The first-order valence-electron chi connectivity index (χ1n) is 13.3. The average molecular weight is 539 g/mol.